The number of hydrogen-bond acceptors (Lipinski definition) is 7. The molecule has 0 bridgehead atoms. The molecule has 1 N–H and O–H groups in total. The first-order chi connectivity index (χ1) is 18.3. The van der Waals surface area contributed by atoms with Gasteiger partial charge in [-0.15, -0.1) is 11.8 Å². The average molecular weight is 543 g/mol. The second kappa shape index (κ2) is 12.2. The van der Waals surface area contributed by atoms with Crippen molar-refractivity contribution in [2.75, 3.05) is 19.8 Å². The number of nitrogens with zero attached hydrogens (tertiary/aromatic N) is 3. The summed E-state index contributed by atoms with van der Waals surface area (Å²) in [5.41, 5.74) is 0.250. The van der Waals surface area contributed by atoms with Crippen LogP contribution in [0, 0.1) is 11.8 Å². The zero-order valence-electron chi connectivity index (χ0n) is 21.9. The normalized spacial score (nSPS) is 27.0. The lowest BCUT2D eigenvalue weighted by atomic mass is 9.79. The number of esters is 1. The third-order valence-corrected chi connectivity index (χ3v) is 8.85. The number of amides is 2. The van der Waals surface area contributed by atoms with Crippen LogP contribution in [0.15, 0.2) is 66.5 Å². The number of aliphatic hydroxyl groups is 1. The predicted octanol–water partition coefficient (Wildman–Crippen LogP) is 2.66. The zero-order valence-corrected chi connectivity index (χ0v) is 22.7. The summed E-state index contributed by atoms with van der Waals surface area (Å²) in [5, 5.41) is 10.2. The largest absolute Gasteiger partial charge is 0.457 e. The van der Waals surface area contributed by atoms with Gasteiger partial charge in [-0.25, -0.2) is 14.2 Å². The van der Waals surface area contributed by atoms with Crippen molar-refractivity contribution in [3.8, 4) is 0 Å². The Hall–Kier alpha value is -3.11. The molecule has 0 spiro atoms. The molecule has 3 aliphatic heterocycles. The smallest absolute Gasteiger partial charge is 0.410 e. The molecule has 0 aromatic carbocycles. The third kappa shape index (κ3) is 5.51. The number of aliphatic hydroxyl groups excluding tert-OH is 1. The van der Waals surface area contributed by atoms with E-state index < -0.39 is 18.0 Å². The standard InChI is InChI=1S/C28H36N3O6S/c1-5-14-36-27(34)24-25(18(3)23-22(19(4)32)26(33)31(23)24)38-21-16-20(10-13-29-11-8-7-9-12-29)30(17-21)28(35)37-15-6-2/h5-9,11-12,18-23,32H,1-2,10,13-17H2,3-4H3/q+1/t18-,19-,20-,21+,22-,23-/m1/s1. The molecule has 0 unspecified atom stereocenters. The van der Waals surface area contributed by atoms with E-state index in [9.17, 15) is 19.5 Å². The van der Waals surface area contributed by atoms with E-state index in [1.807, 2.05) is 37.5 Å². The molecule has 9 nitrogen and oxygen atoms in total. The summed E-state index contributed by atoms with van der Waals surface area (Å²) >= 11 is 1.53. The number of ether oxygens (including phenoxy) is 2. The molecule has 204 valence electrons. The molecular formula is C28H36N3O6S+. The van der Waals surface area contributed by atoms with E-state index in [-0.39, 0.29) is 54.2 Å². The van der Waals surface area contributed by atoms with Crippen LogP contribution in [-0.2, 0) is 25.6 Å². The Labute approximate surface area is 227 Å². The lowest BCUT2D eigenvalue weighted by molar-refractivity contribution is -0.697. The van der Waals surface area contributed by atoms with E-state index in [2.05, 4.69) is 17.7 Å². The van der Waals surface area contributed by atoms with Crippen molar-refractivity contribution in [1.29, 1.82) is 0 Å². The summed E-state index contributed by atoms with van der Waals surface area (Å²) in [4.78, 5) is 42.9. The van der Waals surface area contributed by atoms with E-state index in [1.165, 1.54) is 22.7 Å². The summed E-state index contributed by atoms with van der Waals surface area (Å²) < 4.78 is 12.8. The number of rotatable bonds is 11. The summed E-state index contributed by atoms with van der Waals surface area (Å²) in [6.07, 6.45) is 7.27. The highest BCUT2D eigenvalue weighted by Gasteiger charge is 2.60. The van der Waals surface area contributed by atoms with Gasteiger partial charge in [-0.2, -0.15) is 0 Å². The van der Waals surface area contributed by atoms with Gasteiger partial charge in [0.25, 0.3) is 0 Å². The van der Waals surface area contributed by atoms with Crippen LogP contribution in [0.25, 0.3) is 0 Å². The molecule has 0 saturated carbocycles. The summed E-state index contributed by atoms with van der Waals surface area (Å²) in [6, 6.07) is 5.55. The van der Waals surface area contributed by atoms with Gasteiger partial charge in [0.1, 0.15) is 25.5 Å². The highest BCUT2D eigenvalue weighted by molar-refractivity contribution is 8.03. The Balaban J connectivity index is 1.55. The number of aromatic nitrogens is 1. The van der Waals surface area contributed by atoms with Crippen molar-refractivity contribution in [1.82, 2.24) is 9.80 Å². The molecule has 1 aromatic heterocycles. The fourth-order valence-corrected chi connectivity index (χ4v) is 7.16. The van der Waals surface area contributed by atoms with Gasteiger partial charge in [0.05, 0.1) is 18.1 Å². The third-order valence-electron chi connectivity index (χ3n) is 7.36. The minimum absolute atomic E-state index is 0.00416. The van der Waals surface area contributed by atoms with Crippen molar-refractivity contribution < 1.29 is 33.5 Å². The maximum absolute atomic E-state index is 13.1. The van der Waals surface area contributed by atoms with Crippen LogP contribution in [0.4, 0.5) is 4.79 Å². The summed E-state index contributed by atoms with van der Waals surface area (Å²) in [5.74, 6) is -1.55. The first-order valence-electron chi connectivity index (χ1n) is 13.0. The Morgan fingerprint density at radius 3 is 2.55 bits per heavy atom. The molecule has 6 atom stereocenters. The van der Waals surface area contributed by atoms with E-state index in [4.69, 9.17) is 9.47 Å². The molecule has 2 saturated heterocycles. The van der Waals surface area contributed by atoms with Crippen LogP contribution in [-0.4, -0.2) is 76.1 Å². The SMILES string of the molecule is C=CCOC(=O)C1=C(S[C@H]2C[C@@H](CC[n+]3ccccc3)N(C(=O)OCC=C)C2)[C@H](C)[C@@H]2[C@@H]([C@@H](C)O)C(=O)N12. The number of β-lactam (4-membered cyclic amide) rings is 1. The molecule has 1 aromatic rings. The molecule has 38 heavy (non-hydrogen) atoms. The quantitative estimate of drug-likeness (QED) is 0.199. The van der Waals surface area contributed by atoms with Gasteiger partial charge in [0.2, 0.25) is 5.91 Å². The highest BCUT2D eigenvalue weighted by Crippen LogP contribution is 2.52. The lowest BCUT2D eigenvalue weighted by Gasteiger charge is -2.46. The molecule has 2 fully saturated rings. The van der Waals surface area contributed by atoms with Crippen LogP contribution < -0.4 is 4.57 Å². The Morgan fingerprint density at radius 1 is 1.21 bits per heavy atom. The van der Waals surface area contributed by atoms with Crippen LogP contribution in [0.3, 0.4) is 0 Å². The van der Waals surface area contributed by atoms with Crippen LogP contribution in [0.5, 0.6) is 0 Å². The van der Waals surface area contributed by atoms with E-state index >= 15 is 0 Å². The van der Waals surface area contributed by atoms with Gasteiger partial charge < -0.3 is 24.4 Å². The molecule has 2 amide bonds. The summed E-state index contributed by atoms with van der Waals surface area (Å²) in [7, 11) is 0. The van der Waals surface area contributed by atoms with Gasteiger partial charge >= 0.3 is 12.1 Å². The van der Waals surface area contributed by atoms with E-state index in [1.54, 1.807) is 17.9 Å². The van der Waals surface area contributed by atoms with Gasteiger partial charge in [-0.1, -0.05) is 38.3 Å². The Kier molecular flexibility index (Phi) is 8.94. The van der Waals surface area contributed by atoms with Crippen molar-refractivity contribution >= 4 is 29.7 Å². The monoisotopic (exact) mass is 542 g/mol. The minimum atomic E-state index is -0.817. The van der Waals surface area contributed by atoms with Crippen molar-refractivity contribution in [3.63, 3.8) is 0 Å². The number of carbonyl (C=O) groups excluding carboxylic acids is 3. The maximum atomic E-state index is 13.1. The number of carbonyl (C=O) groups is 3. The molecule has 0 aliphatic carbocycles. The fraction of sp³-hybridized carbons (Fsp3) is 0.500. The topological polar surface area (TPSA) is 100 Å². The molecule has 10 heteroatoms. The van der Waals surface area contributed by atoms with Crippen LogP contribution in [0.2, 0.25) is 0 Å². The first-order valence-corrected chi connectivity index (χ1v) is 13.8. The van der Waals surface area contributed by atoms with Gasteiger partial charge in [0.15, 0.2) is 12.4 Å². The average Bonchev–Trinajstić information content (AvgIpc) is 3.42. The van der Waals surface area contributed by atoms with Gasteiger partial charge in [-0.05, 0) is 13.3 Å². The zero-order chi connectivity index (χ0) is 27.4. The molecule has 3 aliphatic rings. The maximum Gasteiger partial charge on any atom is 0.410 e. The number of likely N-dealkylation sites (tertiary alicyclic amines) is 1. The van der Waals surface area contributed by atoms with Crippen molar-refractivity contribution in [2.24, 2.45) is 11.8 Å². The van der Waals surface area contributed by atoms with E-state index in [0.717, 1.165) is 17.9 Å². The number of hydrogen-bond donors (Lipinski definition) is 1. The molecule has 0 radical (unpaired) electrons. The molecule has 4 heterocycles. The van der Waals surface area contributed by atoms with Gasteiger partial charge in [0, 0.05) is 47.2 Å². The van der Waals surface area contributed by atoms with Crippen molar-refractivity contribution in [3.05, 3.63) is 66.5 Å². The number of pyridine rings is 1. The highest BCUT2D eigenvalue weighted by atomic mass is 32.2. The fourth-order valence-electron chi connectivity index (χ4n) is 5.60. The first kappa shape index (κ1) is 27.9. The summed E-state index contributed by atoms with van der Waals surface area (Å²) in [6.45, 7) is 12.2. The second-order valence-electron chi connectivity index (χ2n) is 9.90. The molecule has 4 rings (SSSR count). The number of fused-ring (bicyclic) bond motifs is 1. The van der Waals surface area contributed by atoms with Crippen LogP contribution >= 0.6 is 11.8 Å². The second-order valence-corrected chi connectivity index (χ2v) is 11.2. The molecular weight excluding hydrogens is 506 g/mol. The minimum Gasteiger partial charge on any atom is -0.457 e. The number of aryl methyl sites for hydroxylation is 1. The van der Waals surface area contributed by atoms with E-state index in [0.29, 0.717) is 13.0 Å². The van der Waals surface area contributed by atoms with Crippen LogP contribution in [0.1, 0.15) is 26.7 Å². The number of thioether (sulfide) groups is 1. The Bertz CT molecular complexity index is 1110. The lowest BCUT2D eigenvalue weighted by Crippen LogP contribution is -2.63. The van der Waals surface area contributed by atoms with Crippen molar-refractivity contribution in [2.45, 2.75) is 56.7 Å². The predicted molar refractivity (Wildman–Crippen MR) is 142 cm³/mol. The van der Waals surface area contributed by atoms with Gasteiger partial charge in [-0.3, -0.25) is 4.79 Å². The Morgan fingerprint density at radius 2 is 1.89 bits per heavy atom.